The third-order valence-corrected chi connectivity index (χ3v) is 7.15. The van der Waals surface area contributed by atoms with Crippen molar-refractivity contribution in [2.24, 2.45) is 0 Å². The smallest absolute Gasteiger partial charge is 0.238 e. The van der Waals surface area contributed by atoms with Crippen molar-refractivity contribution < 1.29 is 18.3 Å². The monoisotopic (exact) mass is 445 g/mol. The number of nitrogens with zero attached hydrogens (tertiary/aromatic N) is 2. The van der Waals surface area contributed by atoms with E-state index < -0.39 is 21.7 Å². The largest absolute Gasteiger partial charge is 0.390 e. The topological polar surface area (TPSA) is 90.0 Å². The predicted octanol–water partition coefficient (Wildman–Crippen LogP) is 1.25. The van der Waals surface area contributed by atoms with Gasteiger partial charge in [0.1, 0.15) is 0 Å². The number of hydrogen-bond donors (Lipinski definition) is 2. The summed E-state index contributed by atoms with van der Waals surface area (Å²) in [5.74, 6) is -0.151. The van der Waals surface area contributed by atoms with Crippen LogP contribution in [0.3, 0.4) is 0 Å². The van der Waals surface area contributed by atoms with Gasteiger partial charge in [0.15, 0.2) is 0 Å². The van der Waals surface area contributed by atoms with E-state index in [4.69, 9.17) is 0 Å². The summed E-state index contributed by atoms with van der Waals surface area (Å²) in [5.41, 5.74) is -0.00186. The maximum Gasteiger partial charge on any atom is 0.238 e. The molecule has 0 saturated carbocycles. The summed E-state index contributed by atoms with van der Waals surface area (Å²) in [5, 5.41) is 13.5. The number of nitrogens with one attached hydrogen (secondary N) is 1. The van der Waals surface area contributed by atoms with Crippen LogP contribution in [0.15, 0.2) is 28.7 Å². The van der Waals surface area contributed by atoms with Crippen molar-refractivity contribution in [3.8, 4) is 0 Å². The quantitative estimate of drug-likeness (QED) is 0.727. The van der Waals surface area contributed by atoms with Gasteiger partial charge in [-0.1, -0.05) is 15.9 Å². The van der Waals surface area contributed by atoms with Gasteiger partial charge in [-0.25, -0.2) is 8.42 Å². The second kappa shape index (κ2) is 7.55. The van der Waals surface area contributed by atoms with Gasteiger partial charge in [-0.2, -0.15) is 4.31 Å². The number of likely N-dealkylation sites (tertiary alicyclic amines) is 1. The van der Waals surface area contributed by atoms with Crippen molar-refractivity contribution in [3.05, 3.63) is 28.7 Å². The minimum Gasteiger partial charge on any atom is -0.390 e. The minimum absolute atomic E-state index is 0.151. The van der Waals surface area contributed by atoms with E-state index in [0.717, 1.165) is 10.9 Å². The Hall–Kier alpha value is -1.00. The van der Waals surface area contributed by atoms with E-state index in [1.165, 1.54) is 10.6 Å². The highest BCUT2D eigenvalue weighted by molar-refractivity contribution is 9.10. The summed E-state index contributed by atoms with van der Waals surface area (Å²) in [6.07, 6.45) is 2.36. The average molecular weight is 446 g/mol. The normalized spacial score (nSPS) is 27.7. The van der Waals surface area contributed by atoms with Crippen LogP contribution >= 0.6 is 15.9 Å². The van der Waals surface area contributed by atoms with Gasteiger partial charge in [-0.15, -0.1) is 0 Å². The zero-order valence-corrected chi connectivity index (χ0v) is 17.1. The molecule has 2 fully saturated rings. The molecule has 0 aromatic heterocycles. The number of hydrogen-bond acceptors (Lipinski definition) is 5. The second-order valence-corrected chi connectivity index (χ2v) is 9.92. The van der Waals surface area contributed by atoms with Crippen molar-refractivity contribution in [2.45, 2.75) is 30.9 Å². The molecular formula is C17H24BrN3O4S. The van der Waals surface area contributed by atoms with E-state index >= 15 is 0 Å². The number of anilines is 1. The number of sulfonamides is 1. The van der Waals surface area contributed by atoms with Gasteiger partial charge in [-0.05, 0) is 43.5 Å². The molecule has 2 saturated heterocycles. The highest BCUT2D eigenvalue weighted by Gasteiger charge is 2.52. The van der Waals surface area contributed by atoms with E-state index in [-0.39, 0.29) is 12.5 Å². The molecule has 1 aromatic carbocycles. The lowest BCUT2D eigenvalue weighted by Gasteiger charge is -2.47. The highest BCUT2D eigenvalue weighted by atomic mass is 79.9. The van der Waals surface area contributed by atoms with Crippen LogP contribution in [-0.2, 0) is 14.8 Å². The Labute approximate surface area is 162 Å². The van der Waals surface area contributed by atoms with Crippen molar-refractivity contribution >= 4 is 37.5 Å². The fourth-order valence-electron chi connectivity index (χ4n) is 4.06. The zero-order chi connectivity index (χ0) is 18.9. The summed E-state index contributed by atoms with van der Waals surface area (Å²) >= 11 is 3.35. The molecule has 3 rings (SSSR count). The second-order valence-electron chi connectivity index (χ2n) is 7.10. The number of β-amino-alcohol motifs (C(OH)–C–C–N with tert-alkyl or cyclic N) is 1. The van der Waals surface area contributed by atoms with E-state index in [1.54, 1.807) is 0 Å². The Balaban J connectivity index is 1.60. The molecule has 144 valence electrons. The molecule has 2 N–H and O–H groups in total. The number of benzene rings is 1. The van der Waals surface area contributed by atoms with E-state index in [2.05, 4.69) is 21.2 Å². The SMILES string of the molecule is CS(=O)(=O)N1CCC[C@@]12CCN(CC(=O)Nc1ccc(Br)cc1)C[C@@H]2O. The number of aliphatic hydroxyl groups excluding tert-OH is 1. The fraction of sp³-hybridized carbons (Fsp3) is 0.588. The fourth-order valence-corrected chi connectivity index (χ4v) is 5.75. The van der Waals surface area contributed by atoms with Crippen LogP contribution in [0.2, 0.25) is 0 Å². The minimum atomic E-state index is -3.36. The summed E-state index contributed by atoms with van der Waals surface area (Å²) in [6.45, 7) is 1.50. The van der Waals surface area contributed by atoms with Crippen LogP contribution in [0.25, 0.3) is 0 Å². The first-order chi connectivity index (χ1) is 12.2. The summed E-state index contributed by atoms with van der Waals surface area (Å²) in [4.78, 5) is 14.1. The number of amides is 1. The molecule has 9 heteroatoms. The lowest BCUT2D eigenvalue weighted by atomic mass is 9.83. The van der Waals surface area contributed by atoms with Crippen LogP contribution in [0.1, 0.15) is 19.3 Å². The molecule has 0 aliphatic carbocycles. The van der Waals surface area contributed by atoms with Crippen LogP contribution in [0, 0.1) is 0 Å². The van der Waals surface area contributed by atoms with Gasteiger partial charge in [0.05, 0.1) is 24.4 Å². The Morgan fingerprint density at radius 1 is 1.31 bits per heavy atom. The molecule has 2 heterocycles. The van der Waals surface area contributed by atoms with Crippen LogP contribution in [0.4, 0.5) is 5.69 Å². The molecule has 2 aliphatic rings. The Morgan fingerprint density at radius 2 is 2.00 bits per heavy atom. The first-order valence-electron chi connectivity index (χ1n) is 8.64. The molecule has 2 aliphatic heterocycles. The first kappa shape index (κ1) is 19.8. The van der Waals surface area contributed by atoms with Gasteiger partial charge in [-0.3, -0.25) is 9.69 Å². The number of aliphatic hydroxyl groups is 1. The van der Waals surface area contributed by atoms with Gasteiger partial charge in [0.2, 0.25) is 15.9 Å². The van der Waals surface area contributed by atoms with Crippen molar-refractivity contribution in [2.75, 3.05) is 37.8 Å². The van der Waals surface area contributed by atoms with E-state index in [0.29, 0.717) is 38.2 Å². The molecule has 26 heavy (non-hydrogen) atoms. The Bertz CT molecular complexity index is 771. The molecule has 1 aromatic rings. The zero-order valence-electron chi connectivity index (χ0n) is 14.7. The molecule has 2 atom stereocenters. The van der Waals surface area contributed by atoms with E-state index in [9.17, 15) is 18.3 Å². The lowest BCUT2D eigenvalue weighted by Crippen LogP contribution is -2.63. The third kappa shape index (κ3) is 4.12. The molecule has 7 nitrogen and oxygen atoms in total. The van der Waals surface area contributed by atoms with Gasteiger partial charge < -0.3 is 10.4 Å². The number of carbonyl (C=O) groups is 1. The Kier molecular flexibility index (Phi) is 5.74. The number of halogens is 1. The standard InChI is InChI=1S/C17H24BrN3O4S/c1-26(24,25)21-9-2-7-17(21)8-10-20(11-15(17)22)12-16(23)19-14-5-3-13(18)4-6-14/h3-6,15,22H,2,7-12H2,1H3,(H,19,23)/t15-,17-/m0/s1. The molecule has 0 bridgehead atoms. The van der Waals surface area contributed by atoms with Crippen LogP contribution in [0.5, 0.6) is 0 Å². The van der Waals surface area contributed by atoms with Crippen molar-refractivity contribution in [3.63, 3.8) is 0 Å². The molecule has 1 amide bonds. The molecule has 0 radical (unpaired) electrons. The Morgan fingerprint density at radius 3 is 2.62 bits per heavy atom. The van der Waals surface area contributed by atoms with Crippen molar-refractivity contribution in [1.82, 2.24) is 9.21 Å². The van der Waals surface area contributed by atoms with E-state index in [1.807, 2.05) is 29.2 Å². The molecule has 1 spiro atoms. The number of rotatable bonds is 4. The predicted molar refractivity (Wildman–Crippen MR) is 103 cm³/mol. The average Bonchev–Trinajstić information content (AvgIpc) is 2.99. The van der Waals surface area contributed by atoms with Gasteiger partial charge in [0.25, 0.3) is 0 Å². The van der Waals surface area contributed by atoms with Gasteiger partial charge >= 0.3 is 0 Å². The van der Waals surface area contributed by atoms with Crippen molar-refractivity contribution in [1.29, 1.82) is 0 Å². The summed E-state index contributed by atoms with van der Waals surface area (Å²) < 4.78 is 26.5. The third-order valence-electron chi connectivity index (χ3n) is 5.28. The number of carbonyl (C=O) groups excluding carboxylic acids is 1. The highest BCUT2D eigenvalue weighted by Crippen LogP contribution is 2.40. The summed E-state index contributed by atoms with van der Waals surface area (Å²) in [6, 6.07) is 7.32. The van der Waals surface area contributed by atoms with Crippen LogP contribution < -0.4 is 5.32 Å². The van der Waals surface area contributed by atoms with Crippen LogP contribution in [-0.4, -0.2) is 72.7 Å². The first-order valence-corrected chi connectivity index (χ1v) is 11.3. The molecule has 0 unspecified atom stereocenters. The lowest BCUT2D eigenvalue weighted by molar-refractivity contribution is -0.119. The number of piperidine rings is 1. The maximum atomic E-state index is 12.3. The maximum absolute atomic E-state index is 12.3. The van der Waals surface area contributed by atoms with Gasteiger partial charge in [0, 0.05) is 29.8 Å². The molecular weight excluding hydrogens is 422 g/mol. The summed E-state index contributed by atoms with van der Waals surface area (Å²) in [7, 11) is -3.36.